The molecule has 0 saturated carbocycles. The number of hydrogen-bond donors (Lipinski definition) is 1. The van der Waals surface area contributed by atoms with E-state index in [2.05, 4.69) is 20.7 Å². The van der Waals surface area contributed by atoms with Crippen molar-refractivity contribution in [2.75, 3.05) is 6.54 Å². The fourth-order valence-corrected chi connectivity index (χ4v) is 2.00. The van der Waals surface area contributed by atoms with Crippen LogP contribution in [0, 0.1) is 0 Å². The van der Waals surface area contributed by atoms with Crippen LogP contribution in [0.25, 0.3) is 0 Å². The van der Waals surface area contributed by atoms with Crippen LogP contribution in [0.3, 0.4) is 0 Å². The maximum absolute atomic E-state index is 5.71. The fraction of sp³-hybridized carbons (Fsp3) is 0.273. The molecule has 0 spiro atoms. The number of nitrogens with one attached hydrogen (secondary N) is 1. The lowest BCUT2D eigenvalue weighted by Crippen LogP contribution is -2.16. The van der Waals surface area contributed by atoms with Crippen LogP contribution in [0.1, 0.15) is 11.3 Å². The van der Waals surface area contributed by atoms with E-state index in [-0.39, 0.29) is 0 Å². The van der Waals surface area contributed by atoms with Crippen molar-refractivity contribution in [2.24, 2.45) is 0 Å². The summed E-state index contributed by atoms with van der Waals surface area (Å²) in [7, 11) is 0. The normalized spacial score (nSPS) is 10.6. The third-order valence-electron chi connectivity index (χ3n) is 2.17. The van der Waals surface area contributed by atoms with Crippen molar-refractivity contribution in [1.82, 2.24) is 15.3 Å². The van der Waals surface area contributed by atoms with Crippen LogP contribution in [0.4, 0.5) is 0 Å². The van der Waals surface area contributed by atoms with Crippen LogP contribution in [0.15, 0.2) is 29.2 Å². The molecule has 84 valence electrons. The molecule has 0 bridgehead atoms. The largest absolute Gasteiger partial charge is 0.311 e. The molecule has 0 aromatic carbocycles. The SMILES string of the molecule is Clc1ccc(CCNCc2cscn2)cn1. The van der Waals surface area contributed by atoms with Crippen LogP contribution in [-0.4, -0.2) is 16.5 Å². The summed E-state index contributed by atoms with van der Waals surface area (Å²) in [6.45, 7) is 1.74. The predicted octanol–water partition coefficient (Wildman–Crippen LogP) is 2.52. The predicted molar refractivity (Wildman–Crippen MR) is 66.8 cm³/mol. The van der Waals surface area contributed by atoms with Gasteiger partial charge >= 0.3 is 0 Å². The minimum absolute atomic E-state index is 0.541. The molecular formula is C11H12ClN3S. The van der Waals surface area contributed by atoms with Gasteiger partial charge in [0.05, 0.1) is 11.2 Å². The van der Waals surface area contributed by atoms with Crippen molar-refractivity contribution in [3.63, 3.8) is 0 Å². The monoisotopic (exact) mass is 253 g/mol. The molecule has 3 nitrogen and oxygen atoms in total. The third kappa shape index (κ3) is 3.56. The average Bonchev–Trinajstić information content (AvgIpc) is 2.80. The van der Waals surface area contributed by atoms with Crippen molar-refractivity contribution in [1.29, 1.82) is 0 Å². The number of halogens is 1. The Morgan fingerprint density at radius 3 is 2.94 bits per heavy atom. The quantitative estimate of drug-likeness (QED) is 0.657. The van der Waals surface area contributed by atoms with Crippen molar-refractivity contribution >= 4 is 22.9 Å². The Bertz CT molecular complexity index is 413. The van der Waals surface area contributed by atoms with Gasteiger partial charge in [0, 0.05) is 18.1 Å². The Morgan fingerprint density at radius 2 is 2.25 bits per heavy atom. The fourth-order valence-electron chi connectivity index (χ4n) is 1.33. The summed E-state index contributed by atoms with van der Waals surface area (Å²) in [6.07, 6.45) is 2.77. The number of pyridine rings is 1. The third-order valence-corrected chi connectivity index (χ3v) is 3.03. The van der Waals surface area contributed by atoms with Crippen LogP contribution in [-0.2, 0) is 13.0 Å². The zero-order valence-electron chi connectivity index (χ0n) is 8.69. The van der Waals surface area contributed by atoms with Gasteiger partial charge in [-0.1, -0.05) is 17.7 Å². The number of aromatic nitrogens is 2. The van der Waals surface area contributed by atoms with Crippen LogP contribution in [0.5, 0.6) is 0 Å². The van der Waals surface area contributed by atoms with Crippen molar-refractivity contribution in [2.45, 2.75) is 13.0 Å². The van der Waals surface area contributed by atoms with Gasteiger partial charge in [-0.25, -0.2) is 9.97 Å². The lowest BCUT2D eigenvalue weighted by atomic mass is 10.2. The molecule has 1 N–H and O–H groups in total. The summed E-state index contributed by atoms with van der Waals surface area (Å²) in [5.41, 5.74) is 4.13. The second-order valence-corrected chi connectivity index (χ2v) is 4.50. The van der Waals surface area contributed by atoms with E-state index in [0.29, 0.717) is 5.15 Å². The average molecular weight is 254 g/mol. The van der Waals surface area contributed by atoms with Gasteiger partial charge in [0.1, 0.15) is 5.15 Å². The standard InChI is InChI=1S/C11H12ClN3S/c12-11-2-1-9(5-14-11)3-4-13-6-10-7-16-8-15-10/h1-2,5,7-8,13H,3-4,6H2. The minimum Gasteiger partial charge on any atom is -0.311 e. The Kier molecular flexibility index (Phi) is 4.27. The molecule has 0 aliphatic carbocycles. The highest BCUT2D eigenvalue weighted by Gasteiger charge is 1.96. The molecule has 2 aromatic heterocycles. The Morgan fingerprint density at radius 1 is 1.31 bits per heavy atom. The molecule has 2 rings (SSSR count). The Balaban J connectivity index is 1.70. The van der Waals surface area contributed by atoms with Crippen LogP contribution >= 0.6 is 22.9 Å². The highest BCUT2D eigenvalue weighted by atomic mass is 35.5. The lowest BCUT2D eigenvalue weighted by Gasteiger charge is -2.02. The molecule has 0 unspecified atom stereocenters. The van der Waals surface area contributed by atoms with Gasteiger partial charge in [-0.3, -0.25) is 0 Å². The van der Waals surface area contributed by atoms with Crippen molar-refractivity contribution < 1.29 is 0 Å². The molecule has 0 aliphatic rings. The molecule has 2 aromatic rings. The van der Waals surface area contributed by atoms with Crippen molar-refractivity contribution in [3.05, 3.63) is 45.6 Å². The number of hydrogen-bond acceptors (Lipinski definition) is 4. The summed E-state index contributed by atoms with van der Waals surface area (Å²) in [5, 5.41) is 5.93. The zero-order chi connectivity index (χ0) is 11.2. The van der Waals surface area contributed by atoms with E-state index in [0.717, 1.165) is 25.2 Å². The minimum atomic E-state index is 0.541. The second-order valence-electron chi connectivity index (χ2n) is 3.40. The summed E-state index contributed by atoms with van der Waals surface area (Å²) in [5.74, 6) is 0. The molecule has 0 saturated heterocycles. The molecular weight excluding hydrogens is 242 g/mol. The van der Waals surface area contributed by atoms with E-state index < -0.39 is 0 Å². The van der Waals surface area contributed by atoms with E-state index in [4.69, 9.17) is 11.6 Å². The number of thiazole rings is 1. The summed E-state index contributed by atoms with van der Waals surface area (Å²) in [4.78, 5) is 8.23. The molecule has 0 radical (unpaired) electrons. The van der Waals surface area contributed by atoms with Gasteiger partial charge < -0.3 is 5.32 Å². The lowest BCUT2D eigenvalue weighted by molar-refractivity contribution is 0.676. The molecule has 0 amide bonds. The van der Waals surface area contributed by atoms with Gasteiger partial charge in [-0.15, -0.1) is 11.3 Å². The first-order valence-electron chi connectivity index (χ1n) is 5.03. The maximum atomic E-state index is 5.71. The first kappa shape index (κ1) is 11.5. The number of rotatable bonds is 5. The topological polar surface area (TPSA) is 37.8 Å². The number of nitrogens with zero attached hydrogens (tertiary/aromatic N) is 2. The van der Waals surface area contributed by atoms with Crippen LogP contribution in [0.2, 0.25) is 5.15 Å². The molecule has 0 atom stereocenters. The maximum Gasteiger partial charge on any atom is 0.129 e. The van der Waals surface area contributed by atoms with Crippen LogP contribution < -0.4 is 5.32 Å². The van der Waals surface area contributed by atoms with E-state index in [1.54, 1.807) is 11.3 Å². The molecule has 5 heteroatoms. The van der Waals surface area contributed by atoms with Gasteiger partial charge in [0.2, 0.25) is 0 Å². The molecule has 0 fully saturated rings. The first-order valence-corrected chi connectivity index (χ1v) is 6.35. The Hall–Kier alpha value is -0.970. The molecule has 0 aliphatic heterocycles. The van der Waals surface area contributed by atoms with E-state index >= 15 is 0 Å². The van der Waals surface area contributed by atoms with E-state index in [1.165, 1.54) is 5.56 Å². The highest BCUT2D eigenvalue weighted by molar-refractivity contribution is 7.07. The van der Waals surface area contributed by atoms with Crippen molar-refractivity contribution in [3.8, 4) is 0 Å². The molecule has 2 heterocycles. The van der Waals surface area contributed by atoms with Gasteiger partial charge in [0.25, 0.3) is 0 Å². The summed E-state index contributed by atoms with van der Waals surface area (Å²) >= 11 is 7.33. The molecule has 16 heavy (non-hydrogen) atoms. The van der Waals surface area contributed by atoms with Gasteiger partial charge in [-0.2, -0.15) is 0 Å². The van der Waals surface area contributed by atoms with Gasteiger partial charge in [-0.05, 0) is 24.6 Å². The summed E-state index contributed by atoms with van der Waals surface area (Å²) in [6, 6.07) is 3.82. The van der Waals surface area contributed by atoms with E-state index in [1.807, 2.05) is 23.8 Å². The first-order chi connectivity index (χ1) is 7.84. The highest BCUT2D eigenvalue weighted by Crippen LogP contribution is 2.05. The zero-order valence-corrected chi connectivity index (χ0v) is 10.3. The smallest absolute Gasteiger partial charge is 0.129 e. The second kappa shape index (κ2) is 5.94. The van der Waals surface area contributed by atoms with Gasteiger partial charge in [0.15, 0.2) is 0 Å². The Labute approximate surface area is 104 Å². The van der Waals surface area contributed by atoms with E-state index in [9.17, 15) is 0 Å². The summed E-state index contributed by atoms with van der Waals surface area (Å²) < 4.78 is 0.